The number of benzene rings is 1. The lowest BCUT2D eigenvalue weighted by molar-refractivity contribution is -0.0555. The molecule has 0 fully saturated rings. The summed E-state index contributed by atoms with van der Waals surface area (Å²) >= 11 is 0. The minimum absolute atomic E-state index is 0.0152. The molecule has 0 aliphatic rings. The van der Waals surface area contributed by atoms with E-state index < -0.39 is 0 Å². The molecule has 0 aliphatic carbocycles. The molecule has 1 rings (SSSR count). The maximum Gasteiger partial charge on any atom is 0.127 e. The van der Waals surface area contributed by atoms with Gasteiger partial charge >= 0.3 is 0 Å². The molecule has 1 aromatic rings. The molecule has 0 heterocycles. The summed E-state index contributed by atoms with van der Waals surface area (Å²) in [7, 11) is 5.29. The van der Waals surface area contributed by atoms with Gasteiger partial charge in [-0.05, 0) is 39.4 Å². The van der Waals surface area contributed by atoms with Crippen LogP contribution in [-0.4, -0.2) is 33.5 Å². The molecular formula is C16H27NO3. The quantitative estimate of drug-likeness (QED) is 0.794. The Morgan fingerprint density at radius 1 is 1.15 bits per heavy atom. The van der Waals surface area contributed by atoms with Crippen molar-refractivity contribution in [3.05, 3.63) is 23.8 Å². The maximum absolute atomic E-state index is 6.01. The summed E-state index contributed by atoms with van der Waals surface area (Å²) in [5.41, 5.74) is 0.670. The molecule has 2 atom stereocenters. The molecule has 1 aromatic carbocycles. The Morgan fingerprint density at radius 3 is 2.05 bits per heavy atom. The van der Waals surface area contributed by atoms with E-state index >= 15 is 0 Å². The van der Waals surface area contributed by atoms with Gasteiger partial charge in [0.15, 0.2) is 0 Å². The summed E-state index contributed by atoms with van der Waals surface area (Å²) in [6.07, 6.45) is 0.882. The smallest absolute Gasteiger partial charge is 0.127 e. The van der Waals surface area contributed by atoms with E-state index in [0.29, 0.717) is 6.61 Å². The van der Waals surface area contributed by atoms with Crippen LogP contribution in [0.2, 0.25) is 0 Å². The minimum atomic E-state index is -0.328. The highest BCUT2D eigenvalue weighted by Crippen LogP contribution is 2.41. The Balaban J connectivity index is 3.36. The fraction of sp³-hybridized carbons (Fsp3) is 0.625. The lowest BCUT2D eigenvalue weighted by Crippen LogP contribution is -2.42. The number of nitrogens with one attached hydrogen (secondary N) is 1. The fourth-order valence-corrected chi connectivity index (χ4v) is 2.64. The van der Waals surface area contributed by atoms with Gasteiger partial charge in [-0.2, -0.15) is 0 Å². The van der Waals surface area contributed by atoms with Crippen molar-refractivity contribution < 1.29 is 14.2 Å². The van der Waals surface area contributed by atoms with Gasteiger partial charge in [-0.3, -0.25) is 0 Å². The molecule has 0 saturated carbocycles. The van der Waals surface area contributed by atoms with E-state index in [0.717, 1.165) is 23.5 Å². The van der Waals surface area contributed by atoms with Gasteiger partial charge in [0.05, 0.1) is 31.4 Å². The van der Waals surface area contributed by atoms with Crippen molar-refractivity contribution in [3.63, 3.8) is 0 Å². The second-order valence-corrected chi connectivity index (χ2v) is 4.90. The van der Waals surface area contributed by atoms with E-state index in [2.05, 4.69) is 19.2 Å². The highest BCUT2D eigenvalue weighted by molar-refractivity contribution is 5.48. The van der Waals surface area contributed by atoms with E-state index in [1.807, 2.05) is 32.2 Å². The molecular weight excluding hydrogens is 254 g/mol. The number of rotatable bonds is 8. The number of methoxy groups -OCH3 is 2. The van der Waals surface area contributed by atoms with Gasteiger partial charge in [-0.1, -0.05) is 13.0 Å². The van der Waals surface area contributed by atoms with Crippen molar-refractivity contribution in [1.82, 2.24) is 5.32 Å². The topological polar surface area (TPSA) is 39.7 Å². The first-order chi connectivity index (χ1) is 9.57. The second kappa shape index (κ2) is 7.50. The molecule has 4 heteroatoms. The van der Waals surface area contributed by atoms with Crippen LogP contribution in [0.5, 0.6) is 11.5 Å². The Kier molecular flexibility index (Phi) is 6.30. The van der Waals surface area contributed by atoms with E-state index in [-0.39, 0.29) is 11.6 Å². The maximum atomic E-state index is 6.01. The third-order valence-corrected chi connectivity index (χ3v) is 3.83. The van der Waals surface area contributed by atoms with Crippen molar-refractivity contribution in [1.29, 1.82) is 0 Å². The molecule has 4 nitrogen and oxygen atoms in total. The Hall–Kier alpha value is -1.26. The summed E-state index contributed by atoms with van der Waals surface area (Å²) in [5.74, 6) is 1.62. The summed E-state index contributed by atoms with van der Waals surface area (Å²) in [4.78, 5) is 0. The van der Waals surface area contributed by atoms with Gasteiger partial charge in [-0.25, -0.2) is 0 Å². The molecule has 0 aliphatic heterocycles. The van der Waals surface area contributed by atoms with E-state index in [9.17, 15) is 0 Å². The van der Waals surface area contributed by atoms with Crippen LogP contribution < -0.4 is 14.8 Å². The summed E-state index contributed by atoms with van der Waals surface area (Å²) in [5, 5.41) is 3.36. The highest BCUT2D eigenvalue weighted by Gasteiger charge is 2.37. The number of likely N-dealkylation sites (N-methyl/N-ethyl adjacent to an activating group) is 1. The van der Waals surface area contributed by atoms with Gasteiger partial charge in [0.2, 0.25) is 0 Å². The zero-order chi connectivity index (χ0) is 15.2. The van der Waals surface area contributed by atoms with Crippen LogP contribution in [0.3, 0.4) is 0 Å². The SMILES string of the molecule is CCOC(C)(CC)C(NC)c1c(OC)cccc1OC. The Morgan fingerprint density at radius 2 is 1.70 bits per heavy atom. The summed E-state index contributed by atoms with van der Waals surface area (Å²) < 4.78 is 17.0. The second-order valence-electron chi connectivity index (χ2n) is 4.90. The Bertz CT molecular complexity index is 400. The molecule has 0 radical (unpaired) electrons. The van der Waals surface area contributed by atoms with Crippen molar-refractivity contribution in [2.24, 2.45) is 0 Å². The minimum Gasteiger partial charge on any atom is -0.496 e. The third kappa shape index (κ3) is 3.25. The number of hydrogen-bond acceptors (Lipinski definition) is 4. The van der Waals surface area contributed by atoms with Crippen LogP contribution in [0.4, 0.5) is 0 Å². The van der Waals surface area contributed by atoms with Gasteiger partial charge < -0.3 is 19.5 Å². The number of ether oxygens (including phenoxy) is 3. The lowest BCUT2D eigenvalue weighted by atomic mass is 9.86. The van der Waals surface area contributed by atoms with Crippen LogP contribution in [0, 0.1) is 0 Å². The molecule has 0 amide bonds. The van der Waals surface area contributed by atoms with Crippen molar-refractivity contribution in [2.75, 3.05) is 27.9 Å². The third-order valence-electron chi connectivity index (χ3n) is 3.83. The van der Waals surface area contributed by atoms with E-state index in [4.69, 9.17) is 14.2 Å². The molecule has 0 aromatic heterocycles. The van der Waals surface area contributed by atoms with Gasteiger partial charge in [0, 0.05) is 6.61 Å². The first kappa shape index (κ1) is 16.8. The fourth-order valence-electron chi connectivity index (χ4n) is 2.64. The van der Waals surface area contributed by atoms with Gasteiger partial charge in [-0.15, -0.1) is 0 Å². The average molecular weight is 281 g/mol. The predicted octanol–water partition coefficient (Wildman–Crippen LogP) is 3.17. The molecule has 0 spiro atoms. The van der Waals surface area contributed by atoms with Crippen molar-refractivity contribution in [2.45, 2.75) is 38.8 Å². The van der Waals surface area contributed by atoms with E-state index in [1.165, 1.54) is 0 Å². The molecule has 1 N–H and O–H groups in total. The van der Waals surface area contributed by atoms with Gasteiger partial charge in [0.25, 0.3) is 0 Å². The Labute approximate surface area is 122 Å². The first-order valence-corrected chi connectivity index (χ1v) is 7.10. The van der Waals surface area contributed by atoms with Crippen LogP contribution >= 0.6 is 0 Å². The molecule has 0 bridgehead atoms. The molecule has 2 unspecified atom stereocenters. The van der Waals surface area contributed by atoms with Crippen molar-refractivity contribution in [3.8, 4) is 11.5 Å². The zero-order valence-corrected chi connectivity index (χ0v) is 13.4. The first-order valence-electron chi connectivity index (χ1n) is 7.10. The monoisotopic (exact) mass is 281 g/mol. The van der Waals surface area contributed by atoms with Crippen LogP contribution in [0.1, 0.15) is 38.8 Å². The van der Waals surface area contributed by atoms with Crippen LogP contribution in [-0.2, 0) is 4.74 Å². The average Bonchev–Trinajstić information content (AvgIpc) is 2.48. The van der Waals surface area contributed by atoms with Crippen LogP contribution in [0.15, 0.2) is 18.2 Å². The van der Waals surface area contributed by atoms with Crippen LogP contribution in [0.25, 0.3) is 0 Å². The highest BCUT2D eigenvalue weighted by atomic mass is 16.5. The predicted molar refractivity (Wildman–Crippen MR) is 81.7 cm³/mol. The number of hydrogen-bond donors (Lipinski definition) is 1. The molecule has 114 valence electrons. The van der Waals surface area contributed by atoms with Gasteiger partial charge in [0.1, 0.15) is 11.5 Å². The summed E-state index contributed by atoms with van der Waals surface area (Å²) in [6.45, 7) is 6.92. The standard InChI is InChI=1S/C16H27NO3/c1-7-16(3,20-8-2)15(17-4)14-12(18-5)10-9-11-13(14)19-6/h9-11,15,17H,7-8H2,1-6H3. The normalized spacial score (nSPS) is 15.5. The van der Waals surface area contributed by atoms with Crippen molar-refractivity contribution >= 4 is 0 Å². The largest absolute Gasteiger partial charge is 0.496 e. The summed E-state index contributed by atoms with van der Waals surface area (Å²) in [6, 6.07) is 5.81. The molecule has 20 heavy (non-hydrogen) atoms. The van der Waals surface area contributed by atoms with E-state index in [1.54, 1.807) is 14.2 Å². The zero-order valence-electron chi connectivity index (χ0n) is 13.4. The lowest BCUT2D eigenvalue weighted by Gasteiger charge is -2.38. The molecule has 0 saturated heterocycles.